The molecule has 5 aromatic rings. The summed E-state index contributed by atoms with van der Waals surface area (Å²) in [5.41, 5.74) is 5.69. The van der Waals surface area contributed by atoms with Crippen LogP contribution in [0.3, 0.4) is 0 Å². The lowest BCUT2D eigenvalue weighted by Crippen LogP contribution is -1.92. The first-order valence-electron chi connectivity index (χ1n) is 8.90. The van der Waals surface area contributed by atoms with E-state index in [-0.39, 0.29) is 0 Å². The van der Waals surface area contributed by atoms with Gasteiger partial charge in [-0.25, -0.2) is 9.97 Å². The number of nitrogens with one attached hydrogen (secondary N) is 1. The molecule has 2 heterocycles. The Kier molecular flexibility index (Phi) is 3.87. The van der Waals surface area contributed by atoms with Crippen LogP contribution in [-0.2, 0) is 0 Å². The maximum atomic E-state index is 5.22. The predicted octanol–water partition coefficient (Wildman–Crippen LogP) is 4.66. The molecule has 0 saturated carbocycles. The molecule has 6 heteroatoms. The number of para-hydroxylation sites is 2. The van der Waals surface area contributed by atoms with Crippen molar-refractivity contribution in [3.8, 4) is 11.4 Å². The number of aromatic nitrogens is 4. The highest BCUT2D eigenvalue weighted by atomic mass is 16.5. The molecule has 0 aliphatic rings. The molecular weight excluding hydrogens is 350 g/mol. The van der Waals surface area contributed by atoms with Crippen LogP contribution in [0, 0.1) is 0 Å². The van der Waals surface area contributed by atoms with Gasteiger partial charge < -0.3 is 9.72 Å². The molecule has 28 heavy (non-hydrogen) atoms. The molecule has 1 N–H and O–H groups in total. The van der Waals surface area contributed by atoms with E-state index in [2.05, 4.69) is 19.9 Å². The van der Waals surface area contributed by atoms with Gasteiger partial charge in [-0.2, -0.15) is 0 Å². The van der Waals surface area contributed by atoms with Gasteiger partial charge in [0, 0.05) is 5.69 Å². The van der Waals surface area contributed by atoms with Crippen molar-refractivity contribution in [2.75, 3.05) is 7.11 Å². The normalized spacial score (nSPS) is 11.6. The third kappa shape index (κ3) is 2.91. The van der Waals surface area contributed by atoms with Crippen molar-refractivity contribution < 1.29 is 4.74 Å². The Morgan fingerprint density at radius 2 is 1.86 bits per heavy atom. The van der Waals surface area contributed by atoms with E-state index in [4.69, 9.17) is 4.74 Å². The summed E-state index contributed by atoms with van der Waals surface area (Å²) < 4.78 is 7.27. The largest absolute Gasteiger partial charge is 0.497 e. The fourth-order valence-corrected chi connectivity index (χ4v) is 3.20. The molecule has 6 nitrogen and oxygen atoms in total. The maximum absolute atomic E-state index is 5.22. The molecule has 0 atom stereocenters. The summed E-state index contributed by atoms with van der Waals surface area (Å²) in [5, 5.41) is 0. The number of aliphatic imine (C=N–C) groups is 1. The number of hydrogen-bond donors (Lipinski definition) is 1. The van der Waals surface area contributed by atoms with E-state index >= 15 is 0 Å². The zero-order valence-corrected chi connectivity index (χ0v) is 15.2. The van der Waals surface area contributed by atoms with Crippen LogP contribution in [0.2, 0.25) is 0 Å². The Morgan fingerprint density at radius 3 is 2.68 bits per heavy atom. The lowest BCUT2D eigenvalue weighted by molar-refractivity contribution is 0.415. The minimum Gasteiger partial charge on any atom is -0.497 e. The van der Waals surface area contributed by atoms with Crippen LogP contribution in [0.5, 0.6) is 5.75 Å². The van der Waals surface area contributed by atoms with Gasteiger partial charge in [-0.15, -0.1) is 0 Å². The molecule has 0 aliphatic carbocycles. The molecule has 0 aliphatic heterocycles. The molecule has 0 amide bonds. The number of benzene rings is 3. The van der Waals surface area contributed by atoms with Crippen molar-refractivity contribution in [3.05, 3.63) is 78.9 Å². The summed E-state index contributed by atoms with van der Waals surface area (Å²) in [4.78, 5) is 16.8. The number of fused-ring (bicyclic) bond motifs is 2. The SMILES string of the molecule is COc1ccc(-n2cnc3cc(N=Cc4nc5ccccc5[nH]4)ccc32)cc1. The minimum atomic E-state index is 0.727. The quantitative estimate of drug-likeness (QED) is 0.470. The smallest absolute Gasteiger partial charge is 0.149 e. The molecule has 0 radical (unpaired) electrons. The van der Waals surface area contributed by atoms with Crippen molar-refractivity contribution >= 4 is 34.0 Å². The molecule has 0 unspecified atom stereocenters. The molecular formula is C22H17N5O. The molecule has 0 bridgehead atoms. The zero-order valence-electron chi connectivity index (χ0n) is 15.2. The minimum absolute atomic E-state index is 0.727. The third-order valence-corrected chi connectivity index (χ3v) is 4.63. The lowest BCUT2D eigenvalue weighted by atomic mass is 10.2. The Balaban J connectivity index is 1.45. The summed E-state index contributed by atoms with van der Waals surface area (Å²) in [6.07, 6.45) is 3.56. The van der Waals surface area contributed by atoms with E-state index in [0.29, 0.717) is 0 Å². The topological polar surface area (TPSA) is 68.1 Å². The summed E-state index contributed by atoms with van der Waals surface area (Å²) in [7, 11) is 1.66. The summed E-state index contributed by atoms with van der Waals surface area (Å²) in [6, 6.07) is 21.8. The van der Waals surface area contributed by atoms with Crippen molar-refractivity contribution in [1.29, 1.82) is 0 Å². The van der Waals surface area contributed by atoms with Gasteiger partial charge in [-0.3, -0.25) is 9.56 Å². The van der Waals surface area contributed by atoms with E-state index in [1.165, 1.54) is 0 Å². The number of methoxy groups -OCH3 is 1. The Labute approximate surface area is 161 Å². The molecule has 136 valence electrons. The van der Waals surface area contributed by atoms with E-state index in [1.54, 1.807) is 13.3 Å². The Bertz CT molecular complexity index is 1260. The molecule has 2 aromatic heterocycles. The van der Waals surface area contributed by atoms with Gasteiger partial charge in [0.2, 0.25) is 0 Å². The fourth-order valence-electron chi connectivity index (χ4n) is 3.20. The molecule has 5 rings (SSSR count). The first-order valence-corrected chi connectivity index (χ1v) is 8.90. The van der Waals surface area contributed by atoms with Gasteiger partial charge in [0.1, 0.15) is 17.9 Å². The van der Waals surface area contributed by atoms with Gasteiger partial charge >= 0.3 is 0 Å². The zero-order chi connectivity index (χ0) is 18.9. The molecule has 3 aromatic carbocycles. The molecule has 0 saturated heterocycles. The lowest BCUT2D eigenvalue weighted by Gasteiger charge is -2.05. The van der Waals surface area contributed by atoms with Crippen molar-refractivity contribution in [3.63, 3.8) is 0 Å². The second kappa shape index (κ2) is 6.66. The average molecular weight is 367 g/mol. The highest BCUT2D eigenvalue weighted by Gasteiger charge is 2.06. The molecule has 0 spiro atoms. The highest BCUT2D eigenvalue weighted by molar-refractivity contribution is 5.86. The van der Waals surface area contributed by atoms with Crippen molar-refractivity contribution in [1.82, 2.24) is 19.5 Å². The second-order valence-electron chi connectivity index (χ2n) is 6.38. The molecule has 0 fully saturated rings. The van der Waals surface area contributed by atoms with Crippen molar-refractivity contribution in [2.24, 2.45) is 4.99 Å². The van der Waals surface area contributed by atoms with Gasteiger partial charge in [0.05, 0.1) is 41.1 Å². The van der Waals surface area contributed by atoms with E-state index in [1.807, 2.05) is 77.6 Å². The van der Waals surface area contributed by atoms with Crippen LogP contribution >= 0.6 is 0 Å². The van der Waals surface area contributed by atoms with Crippen LogP contribution in [0.4, 0.5) is 5.69 Å². The van der Waals surface area contributed by atoms with Crippen LogP contribution in [0.25, 0.3) is 27.8 Å². The summed E-state index contributed by atoms with van der Waals surface area (Å²) >= 11 is 0. The van der Waals surface area contributed by atoms with E-state index in [0.717, 1.165) is 45.0 Å². The standard InChI is InChI=1S/C22H17N5O/c1-28-17-9-7-16(8-10-17)27-14-24-20-12-15(6-11-21(20)27)23-13-22-25-18-4-2-3-5-19(18)26-22/h2-14H,1H3,(H,25,26). The Morgan fingerprint density at radius 1 is 1.00 bits per heavy atom. The number of nitrogens with zero attached hydrogens (tertiary/aromatic N) is 4. The van der Waals surface area contributed by atoms with Gasteiger partial charge in [0.15, 0.2) is 0 Å². The number of imidazole rings is 2. The second-order valence-corrected chi connectivity index (χ2v) is 6.38. The predicted molar refractivity (Wildman–Crippen MR) is 111 cm³/mol. The highest BCUT2D eigenvalue weighted by Crippen LogP contribution is 2.24. The van der Waals surface area contributed by atoms with Crippen LogP contribution in [-0.4, -0.2) is 32.8 Å². The summed E-state index contributed by atoms with van der Waals surface area (Å²) in [5.74, 6) is 1.56. The number of ether oxygens (including phenoxy) is 1. The number of rotatable bonds is 4. The fraction of sp³-hybridized carbons (Fsp3) is 0.0455. The Hall–Kier alpha value is -3.93. The number of hydrogen-bond acceptors (Lipinski definition) is 4. The maximum Gasteiger partial charge on any atom is 0.149 e. The van der Waals surface area contributed by atoms with E-state index in [9.17, 15) is 0 Å². The van der Waals surface area contributed by atoms with Crippen molar-refractivity contribution in [2.45, 2.75) is 0 Å². The average Bonchev–Trinajstić information content (AvgIpc) is 3.35. The van der Waals surface area contributed by atoms with Crippen LogP contribution in [0.15, 0.2) is 78.0 Å². The monoisotopic (exact) mass is 367 g/mol. The number of aromatic amines is 1. The van der Waals surface area contributed by atoms with Crippen LogP contribution in [0.1, 0.15) is 5.82 Å². The van der Waals surface area contributed by atoms with Gasteiger partial charge in [0.25, 0.3) is 0 Å². The first kappa shape index (κ1) is 16.3. The summed E-state index contributed by atoms with van der Waals surface area (Å²) in [6.45, 7) is 0. The number of H-pyrrole nitrogens is 1. The first-order chi connectivity index (χ1) is 13.8. The van der Waals surface area contributed by atoms with Crippen LogP contribution < -0.4 is 4.74 Å². The van der Waals surface area contributed by atoms with Gasteiger partial charge in [-0.1, -0.05) is 12.1 Å². The van der Waals surface area contributed by atoms with Gasteiger partial charge in [-0.05, 0) is 54.6 Å². The van der Waals surface area contributed by atoms with E-state index < -0.39 is 0 Å². The third-order valence-electron chi connectivity index (χ3n) is 4.63.